The molecule has 0 unspecified atom stereocenters. The molecule has 1 fully saturated rings. The molecule has 6 nitrogen and oxygen atoms in total. The number of benzene rings is 1. The maximum atomic E-state index is 10.7. The molecular formula is C16H16Cl2N4O2S. The van der Waals surface area contributed by atoms with Gasteiger partial charge in [-0.15, -0.1) is 0 Å². The van der Waals surface area contributed by atoms with Crippen molar-refractivity contribution in [2.75, 3.05) is 41.7 Å². The molecule has 0 radical (unpaired) electrons. The predicted octanol–water partition coefficient (Wildman–Crippen LogP) is 3.29. The van der Waals surface area contributed by atoms with E-state index in [1.165, 1.54) is 0 Å². The van der Waals surface area contributed by atoms with E-state index in [0.717, 1.165) is 48.7 Å². The molecule has 1 aliphatic heterocycles. The van der Waals surface area contributed by atoms with Gasteiger partial charge in [-0.2, -0.15) is 0 Å². The number of nitrogens with zero attached hydrogens (tertiary/aromatic N) is 4. The van der Waals surface area contributed by atoms with Gasteiger partial charge in [0.05, 0.1) is 16.5 Å². The SMILES string of the molecule is O=C(O)CSc1nc(Cl)cc(N2CCN(c3ccccc3Cl)CC2)n1. The van der Waals surface area contributed by atoms with Crippen LogP contribution < -0.4 is 9.80 Å². The molecule has 0 aliphatic carbocycles. The number of hydrogen-bond acceptors (Lipinski definition) is 6. The molecule has 25 heavy (non-hydrogen) atoms. The zero-order valence-corrected chi connectivity index (χ0v) is 15.6. The third-order valence-corrected chi connectivity index (χ3v) is 5.13. The fourth-order valence-electron chi connectivity index (χ4n) is 2.62. The van der Waals surface area contributed by atoms with E-state index in [9.17, 15) is 4.79 Å². The molecule has 132 valence electrons. The summed E-state index contributed by atoms with van der Waals surface area (Å²) in [7, 11) is 0. The summed E-state index contributed by atoms with van der Waals surface area (Å²) in [6, 6.07) is 9.50. The lowest BCUT2D eigenvalue weighted by Crippen LogP contribution is -2.47. The summed E-state index contributed by atoms with van der Waals surface area (Å²) in [6.07, 6.45) is 0. The van der Waals surface area contributed by atoms with E-state index < -0.39 is 5.97 Å². The zero-order chi connectivity index (χ0) is 17.8. The van der Waals surface area contributed by atoms with Crippen molar-refractivity contribution < 1.29 is 9.90 Å². The number of halogens is 2. The van der Waals surface area contributed by atoms with Gasteiger partial charge < -0.3 is 14.9 Å². The monoisotopic (exact) mass is 398 g/mol. The highest BCUT2D eigenvalue weighted by Gasteiger charge is 2.21. The number of piperazine rings is 1. The van der Waals surface area contributed by atoms with Gasteiger partial charge in [-0.05, 0) is 12.1 Å². The third kappa shape index (κ3) is 4.68. The highest BCUT2D eigenvalue weighted by molar-refractivity contribution is 7.99. The van der Waals surface area contributed by atoms with Gasteiger partial charge in [0.25, 0.3) is 0 Å². The summed E-state index contributed by atoms with van der Waals surface area (Å²) in [6.45, 7) is 3.15. The topological polar surface area (TPSA) is 69.6 Å². The molecule has 1 aromatic carbocycles. The van der Waals surface area contributed by atoms with E-state index in [1.807, 2.05) is 24.3 Å². The Morgan fingerprint density at radius 2 is 1.80 bits per heavy atom. The summed E-state index contributed by atoms with van der Waals surface area (Å²) < 4.78 is 0. The average molecular weight is 399 g/mol. The van der Waals surface area contributed by atoms with Gasteiger partial charge in [0.15, 0.2) is 5.16 Å². The van der Waals surface area contributed by atoms with Crippen LogP contribution in [0.4, 0.5) is 11.5 Å². The molecule has 3 rings (SSSR count). The predicted molar refractivity (Wildman–Crippen MR) is 101 cm³/mol. The first kappa shape index (κ1) is 18.1. The highest BCUT2D eigenvalue weighted by Crippen LogP contribution is 2.28. The Morgan fingerprint density at radius 3 is 2.48 bits per heavy atom. The summed E-state index contributed by atoms with van der Waals surface area (Å²) in [5, 5.41) is 10.2. The van der Waals surface area contributed by atoms with Crippen molar-refractivity contribution in [3.63, 3.8) is 0 Å². The third-order valence-electron chi connectivity index (χ3n) is 3.78. The molecule has 1 N–H and O–H groups in total. The molecule has 2 aromatic rings. The second-order valence-corrected chi connectivity index (χ2v) is 7.18. The quantitative estimate of drug-likeness (QED) is 0.470. The first-order valence-electron chi connectivity index (χ1n) is 7.66. The Bertz CT molecular complexity index is 770. The van der Waals surface area contributed by atoms with Crippen molar-refractivity contribution in [2.24, 2.45) is 0 Å². The number of aromatic nitrogens is 2. The minimum absolute atomic E-state index is 0.0972. The van der Waals surface area contributed by atoms with E-state index in [-0.39, 0.29) is 5.75 Å². The van der Waals surface area contributed by atoms with E-state index in [4.69, 9.17) is 28.3 Å². The van der Waals surface area contributed by atoms with Crippen LogP contribution >= 0.6 is 35.0 Å². The van der Waals surface area contributed by atoms with E-state index in [0.29, 0.717) is 16.1 Å². The lowest BCUT2D eigenvalue weighted by atomic mass is 10.2. The fourth-order valence-corrected chi connectivity index (χ4v) is 3.68. The normalized spacial score (nSPS) is 14.6. The molecule has 2 heterocycles. The Morgan fingerprint density at radius 1 is 1.12 bits per heavy atom. The molecule has 0 spiro atoms. The number of rotatable bonds is 5. The van der Waals surface area contributed by atoms with Gasteiger partial charge in [-0.25, -0.2) is 9.97 Å². The van der Waals surface area contributed by atoms with Crippen molar-refractivity contribution in [3.8, 4) is 0 Å². The van der Waals surface area contributed by atoms with Crippen LogP contribution in [0.5, 0.6) is 0 Å². The van der Waals surface area contributed by atoms with Gasteiger partial charge in [0, 0.05) is 32.2 Å². The van der Waals surface area contributed by atoms with Gasteiger partial charge >= 0.3 is 5.97 Å². The number of hydrogen-bond donors (Lipinski definition) is 1. The average Bonchev–Trinajstić information content (AvgIpc) is 2.60. The maximum Gasteiger partial charge on any atom is 0.313 e. The summed E-state index contributed by atoms with van der Waals surface area (Å²) in [5.41, 5.74) is 1.03. The van der Waals surface area contributed by atoms with Crippen LogP contribution in [0.2, 0.25) is 10.2 Å². The van der Waals surface area contributed by atoms with E-state index in [1.54, 1.807) is 6.07 Å². The van der Waals surface area contributed by atoms with Crippen LogP contribution in [-0.2, 0) is 4.79 Å². The molecule has 9 heteroatoms. The second kappa shape index (κ2) is 8.12. The number of aliphatic carboxylic acids is 1. The number of anilines is 2. The summed E-state index contributed by atoms with van der Waals surface area (Å²) >= 11 is 13.4. The van der Waals surface area contributed by atoms with Crippen LogP contribution in [0.25, 0.3) is 0 Å². The van der Waals surface area contributed by atoms with Gasteiger partial charge in [0.1, 0.15) is 11.0 Å². The fraction of sp³-hybridized carbons (Fsp3) is 0.312. The first-order chi connectivity index (χ1) is 12.0. The lowest BCUT2D eigenvalue weighted by molar-refractivity contribution is -0.133. The maximum absolute atomic E-state index is 10.7. The number of thioether (sulfide) groups is 1. The second-order valence-electron chi connectivity index (χ2n) is 5.44. The van der Waals surface area contributed by atoms with Crippen molar-refractivity contribution >= 4 is 52.4 Å². The van der Waals surface area contributed by atoms with E-state index in [2.05, 4.69) is 19.8 Å². The zero-order valence-electron chi connectivity index (χ0n) is 13.2. The van der Waals surface area contributed by atoms with Crippen molar-refractivity contribution in [1.82, 2.24) is 9.97 Å². The molecule has 0 saturated carbocycles. The van der Waals surface area contributed by atoms with Crippen LogP contribution in [0.1, 0.15) is 0 Å². The molecule has 0 bridgehead atoms. The smallest absolute Gasteiger partial charge is 0.313 e. The van der Waals surface area contributed by atoms with Crippen molar-refractivity contribution in [1.29, 1.82) is 0 Å². The van der Waals surface area contributed by atoms with Crippen molar-refractivity contribution in [3.05, 3.63) is 40.5 Å². The standard InChI is InChI=1S/C16H16Cl2N4O2S/c17-11-3-1-2-4-12(11)21-5-7-22(8-6-21)14-9-13(18)19-16(20-14)25-10-15(23)24/h1-4,9H,5-8,10H2,(H,23,24). The van der Waals surface area contributed by atoms with Gasteiger partial charge in [-0.1, -0.05) is 47.1 Å². The lowest BCUT2D eigenvalue weighted by Gasteiger charge is -2.37. The van der Waals surface area contributed by atoms with Gasteiger partial charge in [-0.3, -0.25) is 4.79 Å². The first-order valence-corrected chi connectivity index (χ1v) is 9.40. The molecule has 0 atom stereocenters. The van der Waals surface area contributed by atoms with Crippen molar-refractivity contribution in [2.45, 2.75) is 5.16 Å². The molecular weight excluding hydrogens is 383 g/mol. The molecule has 1 saturated heterocycles. The van der Waals surface area contributed by atoms with Crippen LogP contribution in [0, 0.1) is 0 Å². The number of para-hydroxylation sites is 1. The van der Waals surface area contributed by atoms with E-state index >= 15 is 0 Å². The van der Waals surface area contributed by atoms with Crippen LogP contribution in [-0.4, -0.2) is 53.0 Å². The molecule has 1 aromatic heterocycles. The summed E-state index contributed by atoms with van der Waals surface area (Å²) in [4.78, 5) is 23.6. The number of carbonyl (C=O) groups is 1. The Labute approximate surface area is 159 Å². The summed E-state index contributed by atoms with van der Waals surface area (Å²) in [5.74, 6) is -0.296. The van der Waals surface area contributed by atoms with Crippen LogP contribution in [0.3, 0.4) is 0 Å². The Kier molecular flexibility index (Phi) is 5.88. The number of carboxylic acids is 1. The van der Waals surface area contributed by atoms with Gasteiger partial charge in [0.2, 0.25) is 0 Å². The molecule has 0 amide bonds. The van der Waals surface area contributed by atoms with Crippen LogP contribution in [0.15, 0.2) is 35.5 Å². The minimum Gasteiger partial charge on any atom is -0.481 e. The Hall–Kier alpha value is -1.70. The number of carboxylic acid groups (broad SMARTS) is 1. The molecule has 1 aliphatic rings. The highest BCUT2D eigenvalue weighted by atomic mass is 35.5. The minimum atomic E-state index is -0.913. The largest absolute Gasteiger partial charge is 0.481 e. The Balaban J connectivity index is 1.68.